The molecule has 0 N–H and O–H groups in total. The number of Topliss-reactive ketones (excluding diaryl/α,β-unsaturated/α-hetero) is 1. The van der Waals surface area contributed by atoms with Crippen molar-refractivity contribution < 1.29 is 28.7 Å². The molecule has 1 saturated carbocycles. The van der Waals surface area contributed by atoms with Gasteiger partial charge in [0.2, 0.25) is 11.8 Å². The number of methoxy groups -OCH3 is 1. The second-order valence-corrected chi connectivity index (χ2v) is 8.29. The molecule has 2 amide bonds. The predicted molar refractivity (Wildman–Crippen MR) is 114 cm³/mol. The van der Waals surface area contributed by atoms with Gasteiger partial charge in [0.25, 0.3) is 0 Å². The predicted octanol–water partition coefficient (Wildman–Crippen LogP) is 3.05. The molecule has 7 heteroatoms. The zero-order valence-corrected chi connectivity index (χ0v) is 17.4. The van der Waals surface area contributed by atoms with E-state index in [1.54, 1.807) is 36.4 Å². The van der Waals surface area contributed by atoms with Gasteiger partial charge in [-0.1, -0.05) is 30.4 Å². The highest BCUT2D eigenvalue weighted by atomic mass is 16.5. The highest BCUT2D eigenvalue weighted by Gasteiger charge is 2.59. The molecule has 2 bridgehead atoms. The van der Waals surface area contributed by atoms with Crippen LogP contribution in [0.5, 0.6) is 5.75 Å². The van der Waals surface area contributed by atoms with Crippen LogP contribution < -0.4 is 9.64 Å². The standard InChI is InChI=1S/C25H21NO6/c1-31-19-7-3-4-14(12-19)20(27)13-32-25(30)17-5-2-6-18(11-17)26-23(28)21-15-8-9-16(10-15)22(21)24(26)29/h2-9,11-12,15-16,21-22H,10,13H2,1H3. The summed E-state index contributed by atoms with van der Waals surface area (Å²) in [4.78, 5) is 52.1. The maximum absolute atomic E-state index is 13.0. The van der Waals surface area contributed by atoms with E-state index >= 15 is 0 Å². The maximum atomic E-state index is 13.0. The van der Waals surface area contributed by atoms with Gasteiger partial charge < -0.3 is 9.47 Å². The minimum Gasteiger partial charge on any atom is -0.497 e. The van der Waals surface area contributed by atoms with Crippen LogP contribution in [0.3, 0.4) is 0 Å². The smallest absolute Gasteiger partial charge is 0.338 e. The van der Waals surface area contributed by atoms with Gasteiger partial charge in [-0.2, -0.15) is 0 Å². The number of rotatable bonds is 6. The van der Waals surface area contributed by atoms with Crippen molar-refractivity contribution in [3.05, 3.63) is 71.8 Å². The van der Waals surface area contributed by atoms with Gasteiger partial charge in [0.05, 0.1) is 30.2 Å². The van der Waals surface area contributed by atoms with E-state index in [9.17, 15) is 19.2 Å². The highest BCUT2D eigenvalue weighted by Crippen LogP contribution is 2.53. The first-order chi connectivity index (χ1) is 15.5. The first-order valence-corrected chi connectivity index (χ1v) is 10.5. The van der Waals surface area contributed by atoms with Crippen LogP contribution in [0.2, 0.25) is 0 Å². The molecule has 7 nitrogen and oxygen atoms in total. The second-order valence-electron chi connectivity index (χ2n) is 8.29. The summed E-state index contributed by atoms with van der Waals surface area (Å²) in [6.07, 6.45) is 4.93. The molecular weight excluding hydrogens is 410 g/mol. The highest BCUT2D eigenvalue weighted by molar-refractivity contribution is 6.23. The third-order valence-electron chi connectivity index (χ3n) is 6.54. The van der Waals surface area contributed by atoms with E-state index < -0.39 is 12.6 Å². The summed E-state index contributed by atoms with van der Waals surface area (Å²) in [5.41, 5.74) is 0.885. The van der Waals surface area contributed by atoms with Gasteiger partial charge in [-0.3, -0.25) is 14.4 Å². The Morgan fingerprint density at radius 1 is 0.938 bits per heavy atom. The van der Waals surface area contributed by atoms with Crippen molar-refractivity contribution in [3.63, 3.8) is 0 Å². The maximum Gasteiger partial charge on any atom is 0.338 e. The van der Waals surface area contributed by atoms with E-state index in [1.165, 1.54) is 24.1 Å². The zero-order valence-electron chi connectivity index (χ0n) is 17.4. The topological polar surface area (TPSA) is 90.0 Å². The summed E-state index contributed by atoms with van der Waals surface area (Å²) >= 11 is 0. The van der Waals surface area contributed by atoms with Gasteiger partial charge in [-0.25, -0.2) is 9.69 Å². The number of anilines is 1. The minimum absolute atomic E-state index is 0.113. The molecule has 0 radical (unpaired) electrons. The average Bonchev–Trinajstić information content (AvgIpc) is 3.51. The summed E-state index contributed by atoms with van der Waals surface area (Å²) in [6, 6.07) is 12.8. The molecule has 1 saturated heterocycles. The number of imide groups is 1. The van der Waals surface area contributed by atoms with Gasteiger partial charge >= 0.3 is 5.97 Å². The van der Waals surface area contributed by atoms with Gasteiger partial charge in [0.1, 0.15) is 5.75 Å². The first-order valence-electron chi connectivity index (χ1n) is 10.5. The number of fused-ring (bicyclic) bond motifs is 5. The number of nitrogens with zero attached hydrogens (tertiary/aromatic N) is 1. The van der Waals surface area contributed by atoms with E-state index in [1.807, 2.05) is 12.2 Å². The zero-order chi connectivity index (χ0) is 22.4. The molecule has 5 rings (SSSR count). The van der Waals surface area contributed by atoms with E-state index in [2.05, 4.69) is 0 Å². The number of hydrogen-bond donors (Lipinski definition) is 0. The fourth-order valence-corrected chi connectivity index (χ4v) is 5.02. The molecule has 2 aromatic rings. The third-order valence-corrected chi connectivity index (χ3v) is 6.54. The normalized spacial score (nSPS) is 25.2. The van der Waals surface area contributed by atoms with Crippen molar-refractivity contribution >= 4 is 29.3 Å². The Labute approximate surface area is 184 Å². The Hall–Kier alpha value is -3.74. The van der Waals surface area contributed by atoms with Crippen LogP contribution in [0.15, 0.2) is 60.7 Å². The van der Waals surface area contributed by atoms with Crippen LogP contribution in [0.4, 0.5) is 5.69 Å². The van der Waals surface area contributed by atoms with Crippen LogP contribution in [0.1, 0.15) is 27.1 Å². The fourth-order valence-electron chi connectivity index (χ4n) is 5.02. The second kappa shape index (κ2) is 7.75. The van der Waals surface area contributed by atoms with E-state index in [0.717, 1.165) is 6.42 Å². The monoisotopic (exact) mass is 431 g/mol. The van der Waals surface area contributed by atoms with Gasteiger partial charge in [0, 0.05) is 5.56 Å². The lowest BCUT2D eigenvalue weighted by molar-refractivity contribution is -0.123. The Balaban J connectivity index is 1.29. The van der Waals surface area contributed by atoms with Crippen molar-refractivity contribution in [1.82, 2.24) is 0 Å². The SMILES string of the molecule is COc1cccc(C(=O)COC(=O)c2cccc(N3C(=O)C4C5C=CC(C5)C4C3=O)c2)c1. The fraction of sp³-hybridized carbons (Fsp3) is 0.280. The summed E-state index contributed by atoms with van der Waals surface area (Å²) < 4.78 is 10.3. The van der Waals surface area contributed by atoms with Gasteiger partial charge in [-0.05, 0) is 48.6 Å². The summed E-state index contributed by atoms with van der Waals surface area (Å²) in [6.45, 7) is -0.434. The van der Waals surface area contributed by atoms with Crippen molar-refractivity contribution in [1.29, 1.82) is 0 Å². The Bertz CT molecular complexity index is 1140. The first kappa shape index (κ1) is 20.2. The molecule has 2 aliphatic carbocycles. The number of benzene rings is 2. The van der Waals surface area contributed by atoms with Crippen LogP contribution >= 0.6 is 0 Å². The third kappa shape index (κ3) is 3.21. The average molecular weight is 431 g/mol. The molecule has 2 fully saturated rings. The molecule has 4 atom stereocenters. The lowest BCUT2D eigenvalue weighted by Crippen LogP contribution is -2.33. The van der Waals surface area contributed by atoms with E-state index in [-0.39, 0.29) is 46.8 Å². The molecule has 3 aliphatic rings. The minimum atomic E-state index is -0.705. The molecule has 32 heavy (non-hydrogen) atoms. The molecular formula is C25H21NO6. The summed E-state index contributed by atoms with van der Waals surface area (Å²) in [5, 5.41) is 0. The summed E-state index contributed by atoms with van der Waals surface area (Å²) in [5.74, 6) is -1.36. The quantitative estimate of drug-likeness (QED) is 0.302. The van der Waals surface area contributed by atoms with Crippen molar-refractivity contribution in [2.24, 2.45) is 23.7 Å². The molecule has 1 aliphatic heterocycles. The molecule has 2 aromatic carbocycles. The molecule has 1 heterocycles. The van der Waals surface area contributed by atoms with Crippen molar-refractivity contribution in [3.8, 4) is 5.75 Å². The Kier molecular flexibility index (Phi) is 4.89. The molecule has 0 aromatic heterocycles. The Morgan fingerprint density at radius 3 is 2.28 bits per heavy atom. The Morgan fingerprint density at radius 2 is 1.59 bits per heavy atom. The number of carbonyl (C=O) groups is 4. The van der Waals surface area contributed by atoms with Crippen molar-refractivity contribution in [2.45, 2.75) is 6.42 Å². The number of esters is 1. The lowest BCUT2D eigenvalue weighted by atomic mass is 9.85. The molecule has 162 valence electrons. The van der Waals surface area contributed by atoms with Crippen LogP contribution in [0.25, 0.3) is 0 Å². The number of allylic oxidation sites excluding steroid dienone is 2. The largest absolute Gasteiger partial charge is 0.497 e. The van der Waals surface area contributed by atoms with Crippen LogP contribution in [-0.4, -0.2) is 37.3 Å². The van der Waals surface area contributed by atoms with Crippen LogP contribution in [0, 0.1) is 23.7 Å². The molecule has 4 unspecified atom stereocenters. The molecule has 0 spiro atoms. The number of ketones is 1. The number of ether oxygens (including phenoxy) is 2. The van der Waals surface area contributed by atoms with Crippen molar-refractivity contribution in [2.75, 3.05) is 18.6 Å². The van der Waals surface area contributed by atoms with Gasteiger partial charge in [0.15, 0.2) is 12.4 Å². The van der Waals surface area contributed by atoms with E-state index in [0.29, 0.717) is 17.0 Å². The van der Waals surface area contributed by atoms with Gasteiger partial charge in [-0.15, -0.1) is 0 Å². The lowest BCUT2D eigenvalue weighted by Gasteiger charge is -2.18. The van der Waals surface area contributed by atoms with E-state index in [4.69, 9.17) is 9.47 Å². The number of amides is 2. The number of carbonyl (C=O) groups excluding carboxylic acids is 4. The van der Waals surface area contributed by atoms with Crippen LogP contribution in [-0.2, 0) is 14.3 Å². The number of hydrogen-bond acceptors (Lipinski definition) is 6. The summed E-state index contributed by atoms with van der Waals surface area (Å²) in [7, 11) is 1.50.